The Morgan fingerprint density at radius 2 is 1.50 bits per heavy atom. The van der Waals surface area contributed by atoms with Crippen molar-refractivity contribution < 1.29 is 13.5 Å². The highest BCUT2D eigenvalue weighted by molar-refractivity contribution is 7.89. The Hall–Kier alpha value is -1.73. The molecule has 2 atom stereocenters. The van der Waals surface area contributed by atoms with Crippen LogP contribution in [0.3, 0.4) is 0 Å². The first kappa shape index (κ1) is 20.6. The van der Waals surface area contributed by atoms with E-state index in [4.69, 9.17) is 5.73 Å². The molecule has 0 amide bonds. The van der Waals surface area contributed by atoms with E-state index in [0.717, 1.165) is 5.56 Å². The molecule has 0 bridgehead atoms. The molecule has 0 fully saturated rings. The van der Waals surface area contributed by atoms with Crippen LogP contribution >= 0.6 is 0 Å². The van der Waals surface area contributed by atoms with Gasteiger partial charge in [-0.1, -0.05) is 62.4 Å². The van der Waals surface area contributed by atoms with Crippen LogP contribution in [0.15, 0.2) is 65.6 Å². The minimum Gasteiger partial charge on any atom is -0.390 e. The number of nitrogens with zero attached hydrogens (tertiary/aromatic N) is 1. The SMILES string of the molecule is CC(C)CN(CC(O)C(N)Cc1ccccc1)S(=O)(=O)c1ccccc1. The second kappa shape index (κ2) is 9.28. The summed E-state index contributed by atoms with van der Waals surface area (Å²) in [7, 11) is -3.68. The van der Waals surface area contributed by atoms with Crippen LogP contribution in [-0.2, 0) is 16.4 Å². The Morgan fingerprint density at radius 1 is 0.962 bits per heavy atom. The Morgan fingerprint density at radius 3 is 2.04 bits per heavy atom. The zero-order valence-electron chi connectivity index (χ0n) is 15.3. The van der Waals surface area contributed by atoms with Gasteiger partial charge in [0.15, 0.2) is 0 Å². The minimum absolute atomic E-state index is 0.0244. The number of nitrogens with two attached hydrogens (primary N) is 1. The summed E-state index contributed by atoms with van der Waals surface area (Å²) in [6, 6.07) is 17.4. The molecule has 0 saturated heterocycles. The summed E-state index contributed by atoms with van der Waals surface area (Å²) >= 11 is 0. The van der Waals surface area contributed by atoms with E-state index < -0.39 is 22.2 Å². The Balaban J connectivity index is 2.14. The first-order valence-corrected chi connectivity index (χ1v) is 10.3. The largest absolute Gasteiger partial charge is 0.390 e. The van der Waals surface area contributed by atoms with E-state index in [2.05, 4.69) is 0 Å². The van der Waals surface area contributed by atoms with Gasteiger partial charge >= 0.3 is 0 Å². The number of benzene rings is 2. The van der Waals surface area contributed by atoms with Gasteiger partial charge in [0, 0.05) is 19.1 Å². The van der Waals surface area contributed by atoms with Gasteiger partial charge in [0.05, 0.1) is 11.0 Å². The third kappa shape index (κ3) is 5.64. The van der Waals surface area contributed by atoms with Gasteiger partial charge in [-0.3, -0.25) is 0 Å². The van der Waals surface area contributed by atoms with E-state index in [0.29, 0.717) is 13.0 Å². The lowest BCUT2D eigenvalue weighted by Crippen LogP contribution is -2.47. The molecule has 2 aromatic rings. The molecule has 26 heavy (non-hydrogen) atoms. The van der Waals surface area contributed by atoms with E-state index >= 15 is 0 Å². The third-order valence-corrected chi connectivity index (χ3v) is 5.99. The number of rotatable bonds is 9. The van der Waals surface area contributed by atoms with E-state index in [1.165, 1.54) is 4.31 Å². The van der Waals surface area contributed by atoms with Gasteiger partial charge in [-0.05, 0) is 30.0 Å². The molecule has 0 radical (unpaired) electrons. The van der Waals surface area contributed by atoms with E-state index in [-0.39, 0.29) is 17.4 Å². The number of hydrogen-bond acceptors (Lipinski definition) is 4. The van der Waals surface area contributed by atoms with E-state index in [1.807, 2.05) is 44.2 Å². The molecule has 5 nitrogen and oxygen atoms in total. The van der Waals surface area contributed by atoms with Crippen LogP contribution in [0.2, 0.25) is 0 Å². The van der Waals surface area contributed by atoms with Gasteiger partial charge in [-0.25, -0.2) is 8.42 Å². The fraction of sp³-hybridized carbons (Fsp3) is 0.400. The molecule has 142 valence electrons. The summed E-state index contributed by atoms with van der Waals surface area (Å²) in [5, 5.41) is 10.5. The molecule has 0 aliphatic carbocycles. The first-order chi connectivity index (χ1) is 12.3. The van der Waals surface area contributed by atoms with E-state index in [1.54, 1.807) is 30.3 Å². The summed E-state index contributed by atoms with van der Waals surface area (Å²) in [6.07, 6.45) is -0.462. The van der Waals surface area contributed by atoms with E-state index in [9.17, 15) is 13.5 Å². The van der Waals surface area contributed by atoms with Crippen molar-refractivity contribution in [3.63, 3.8) is 0 Å². The van der Waals surface area contributed by atoms with Crippen LogP contribution in [0, 0.1) is 5.92 Å². The highest BCUT2D eigenvalue weighted by Crippen LogP contribution is 2.18. The zero-order chi connectivity index (χ0) is 19.2. The predicted molar refractivity (Wildman–Crippen MR) is 104 cm³/mol. The van der Waals surface area contributed by atoms with Gasteiger partial charge < -0.3 is 10.8 Å². The normalized spacial score (nSPS) is 14.5. The average Bonchev–Trinajstić information content (AvgIpc) is 2.62. The lowest BCUT2D eigenvalue weighted by molar-refractivity contribution is 0.116. The lowest BCUT2D eigenvalue weighted by Gasteiger charge is -2.28. The highest BCUT2D eigenvalue weighted by atomic mass is 32.2. The number of aliphatic hydroxyl groups excluding tert-OH is 1. The van der Waals surface area contributed by atoms with Crippen molar-refractivity contribution in [2.24, 2.45) is 11.7 Å². The van der Waals surface area contributed by atoms with Crippen molar-refractivity contribution >= 4 is 10.0 Å². The third-order valence-electron chi connectivity index (χ3n) is 4.15. The summed E-state index contributed by atoms with van der Waals surface area (Å²) in [5.74, 6) is 0.131. The van der Waals surface area contributed by atoms with Crippen molar-refractivity contribution in [1.82, 2.24) is 4.31 Å². The van der Waals surface area contributed by atoms with Crippen LogP contribution in [0.5, 0.6) is 0 Å². The molecule has 0 aliphatic rings. The predicted octanol–water partition coefficient (Wildman–Crippen LogP) is 2.26. The summed E-state index contributed by atoms with van der Waals surface area (Å²) < 4.78 is 27.3. The molecule has 3 N–H and O–H groups in total. The topological polar surface area (TPSA) is 83.6 Å². The molecule has 0 aliphatic heterocycles. The van der Waals surface area contributed by atoms with Crippen LogP contribution in [0.4, 0.5) is 0 Å². The fourth-order valence-electron chi connectivity index (χ4n) is 2.79. The standard InChI is InChI=1S/C20H28N2O3S/c1-16(2)14-22(26(24,25)18-11-7-4-8-12-18)15-20(23)19(21)13-17-9-5-3-6-10-17/h3-12,16,19-20,23H,13-15,21H2,1-2H3. The van der Waals surface area contributed by atoms with Gasteiger partial charge in [0.2, 0.25) is 10.0 Å². The summed E-state index contributed by atoms with van der Waals surface area (Å²) in [4.78, 5) is 0.226. The number of aliphatic hydroxyl groups is 1. The van der Waals surface area contributed by atoms with Crippen LogP contribution < -0.4 is 5.73 Å². The maximum absolute atomic E-state index is 13.0. The Bertz CT molecular complexity index is 764. The molecule has 0 heterocycles. The molecule has 0 saturated carbocycles. The van der Waals surface area contributed by atoms with Crippen LogP contribution in [0.25, 0.3) is 0 Å². The maximum Gasteiger partial charge on any atom is 0.243 e. The lowest BCUT2D eigenvalue weighted by atomic mass is 10.0. The second-order valence-electron chi connectivity index (χ2n) is 6.95. The second-order valence-corrected chi connectivity index (χ2v) is 8.89. The van der Waals surface area contributed by atoms with Gasteiger partial charge in [-0.15, -0.1) is 0 Å². The Kier molecular flexibility index (Phi) is 7.34. The van der Waals surface area contributed by atoms with Crippen molar-refractivity contribution in [1.29, 1.82) is 0 Å². The summed E-state index contributed by atoms with van der Waals surface area (Å²) in [6.45, 7) is 4.20. The zero-order valence-corrected chi connectivity index (χ0v) is 16.1. The molecule has 6 heteroatoms. The number of sulfonamides is 1. The fourth-order valence-corrected chi connectivity index (χ4v) is 4.43. The van der Waals surface area contributed by atoms with Crippen molar-refractivity contribution in [2.45, 2.75) is 37.3 Å². The van der Waals surface area contributed by atoms with Gasteiger partial charge in [-0.2, -0.15) is 4.31 Å². The van der Waals surface area contributed by atoms with Crippen molar-refractivity contribution in [3.8, 4) is 0 Å². The van der Waals surface area contributed by atoms with Gasteiger partial charge in [0.1, 0.15) is 0 Å². The highest BCUT2D eigenvalue weighted by Gasteiger charge is 2.29. The minimum atomic E-state index is -3.68. The monoisotopic (exact) mass is 376 g/mol. The molecular weight excluding hydrogens is 348 g/mol. The first-order valence-electron chi connectivity index (χ1n) is 8.83. The molecule has 0 spiro atoms. The van der Waals surface area contributed by atoms with Gasteiger partial charge in [0.25, 0.3) is 0 Å². The Labute approximate surface area is 156 Å². The van der Waals surface area contributed by atoms with Crippen molar-refractivity contribution in [2.75, 3.05) is 13.1 Å². The summed E-state index contributed by atoms with van der Waals surface area (Å²) in [5.41, 5.74) is 7.15. The molecule has 2 unspecified atom stereocenters. The quantitative estimate of drug-likeness (QED) is 0.703. The molecule has 2 rings (SSSR count). The molecular formula is C20H28N2O3S. The maximum atomic E-state index is 13.0. The number of hydrogen-bond donors (Lipinski definition) is 2. The molecule has 2 aromatic carbocycles. The van der Waals surface area contributed by atoms with Crippen molar-refractivity contribution in [3.05, 3.63) is 66.2 Å². The molecule has 0 aromatic heterocycles. The average molecular weight is 377 g/mol. The smallest absolute Gasteiger partial charge is 0.243 e. The van der Waals surface area contributed by atoms with Crippen LogP contribution in [0.1, 0.15) is 19.4 Å². The van der Waals surface area contributed by atoms with Crippen LogP contribution in [-0.4, -0.2) is 43.1 Å².